The van der Waals surface area contributed by atoms with Gasteiger partial charge in [0.1, 0.15) is 5.60 Å². The van der Waals surface area contributed by atoms with Crippen LogP contribution in [-0.2, 0) is 11.3 Å². The SMILES string of the molecule is CN=C(NCc1ccc(OC)c(OC)c1)NCC(C)(C)NC(=O)OC(C)(C)C. The van der Waals surface area contributed by atoms with E-state index in [0.717, 1.165) is 5.56 Å². The van der Waals surface area contributed by atoms with Crippen molar-refractivity contribution in [2.75, 3.05) is 27.8 Å². The standard InChI is InChI=1S/C20H34N4O4/c1-19(2,3)28-18(25)24-20(4,5)13-23-17(21-6)22-12-14-9-10-15(26-7)16(11-14)27-8/h9-11H,12-13H2,1-8H3,(H,24,25)(H2,21,22,23). The molecule has 0 atom stereocenters. The number of benzene rings is 1. The first kappa shape index (κ1) is 23.4. The zero-order valence-electron chi connectivity index (χ0n) is 18.2. The van der Waals surface area contributed by atoms with Gasteiger partial charge in [0.25, 0.3) is 0 Å². The van der Waals surface area contributed by atoms with Crippen molar-refractivity contribution in [1.82, 2.24) is 16.0 Å². The van der Waals surface area contributed by atoms with Gasteiger partial charge in [-0.2, -0.15) is 0 Å². The molecule has 0 aliphatic rings. The molecule has 0 saturated carbocycles. The summed E-state index contributed by atoms with van der Waals surface area (Å²) >= 11 is 0. The van der Waals surface area contributed by atoms with Gasteiger partial charge in [-0.3, -0.25) is 4.99 Å². The Morgan fingerprint density at radius 2 is 1.68 bits per heavy atom. The van der Waals surface area contributed by atoms with Gasteiger partial charge in [-0.05, 0) is 52.3 Å². The van der Waals surface area contributed by atoms with Crippen molar-refractivity contribution in [3.8, 4) is 11.5 Å². The number of nitrogens with one attached hydrogen (secondary N) is 3. The minimum Gasteiger partial charge on any atom is -0.493 e. The molecule has 0 aliphatic carbocycles. The summed E-state index contributed by atoms with van der Waals surface area (Å²) in [6.07, 6.45) is -0.451. The van der Waals surface area contributed by atoms with Gasteiger partial charge in [-0.25, -0.2) is 4.79 Å². The summed E-state index contributed by atoms with van der Waals surface area (Å²) < 4.78 is 15.9. The number of guanidine groups is 1. The summed E-state index contributed by atoms with van der Waals surface area (Å²) in [6, 6.07) is 5.72. The molecule has 0 unspecified atom stereocenters. The fraction of sp³-hybridized carbons (Fsp3) is 0.600. The first-order valence-electron chi connectivity index (χ1n) is 9.16. The van der Waals surface area contributed by atoms with Crippen molar-refractivity contribution in [2.24, 2.45) is 4.99 Å². The molecule has 1 aromatic carbocycles. The van der Waals surface area contributed by atoms with Crippen LogP contribution < -0.4 is 25.4 Å². The quantitative estimate of drug-likeness (QED) is 0.486. The van der Waals surface area contributed by atoms with Crippen LogP contribution in [0.25, 0.3) is 0 Å². The second kappa shape index (κ2) is 10.1. The van der Waals surface area contributed by atoms with E-state index < -0.39 is 17.2 Å². The van der Waals surface area contributed by atoms with Gasteiger partial charge in [0.15, 0.2) is 17.5 Å². The van der Waals surface area contributed by atoms with Crippen molar-refractivity contribution < 1.29 is 19.0 Å². The summed E-state index contributed by atoms with van der Waals surface area (Å²) in [7, 11) is 4.90. The fourth-order valence-corrected chi connectivity index (χ4v) is 2.33. The van der Waals surface area contributed by atoms with Crippen molar-refractivity contribution in [1.29, 1.82) is 0 Å². The predicted octanol–water partition coefficient (Wildman–Crippen LogP) is 2.67. The molecule has 1 rings (SSSR count). The Morgan fingerprint density at radius 1 is 1.04 bits per heavy atom. The third-order valence-electron chi connectivity index (χ3n) is 3.67. The molecule has 0 fully saturated rings. The second-order valence-corrected chi connectivity index (χ2v) is 7.98. The van der Waals surface area contributed by atoms with Crippen LogP contribution >= 0.6 is 0 Å². The van der Waals surface area contributed by atoms with E-state index in [2.05, 4.69) is 20.9 Å². The van der Waals surface area contributed by atoms with E-state index in [9.17, 15) is 4.79 Å². The van der Waals surface area contributed by atoms with Gasteiger partial charge in [0, 0.05) is 20.1 Å². The topological polar surface area (TPSA) is 93.2 Å². The number of carbonyl (C=O) groups is 1. The molecule has 8 heteroatoms. The van der Waals surface area contributed by atoms with E-state index in [-0.39, 0.29) is 0 Å². The third-order valence-corrected chi connectivity index (χ3v) is 3.67. The maximum absolute atomic E-state index is 12.0. The van der Waals surface area contributed by atoms with Crippen molar-refractivity contribution in [3.05, 3.63) is 23.8 Å². The number of hydrogen-bond donors (Lipinski definition) is 3. The number of ether oxygens (including phenoxy) is 3. The van der Waals surface area contributed by atoms with Gasteiger partial charge in [-0.15, -0.1) is 0 Å². The molecule has 158 valence electrons. The number of rotatable bonds is 7. The van der Waals surface area contributed by atoms with Gasteiger partial charge in [0.05, 0.1) is 19.8 Å². The van der Waals surface area contributed by atoms with E-state index in [1.807, 2.05) is 52.8 Å². The highest BCUT2D eigenvalue weighted by atomic mass is 16.6. The number of aliphatic imine (C=N–C) groups is 1. The van der Waals surface area contributed by atoms with Crippen LogP contribution in [0.4, 0.5) is 4.79 Å². The Balaban J connectivity index is 2.57. The maximum Gasteiger partial charge on any atom is 0.408 e. The molecule has 3 N–H and O–H groups in total. The monoisotopic (exact) mass is 394 g/mol. The van der Waals surface area contributed by atoms with Crippen molar-refractivity contribution in [3.63, 3.8) is 0 Å². The van der Waals surface area contributed by atoms with Crippen LogP contribution in [0.15, 0.2) is 23.2 Å². The lowest BCUT2D eigenvalue weighted by atomic mass is 10.1. The molecule has 1 aromatic rings. The molecule has 0 bridgehead atoms. The number of amides is 1. The Hall–Kier alpha value is -2.64. The van der Waals surface area contributed by atoms with E-state index in [1.165, 1.54) is 0 Å². The molecule has 0 aromatic heterocycles. The lowest BCUT2D eigenvalue weighted by Crippen LogP contribution is -2.54. The van der Waals surface area contributed by atoms with E-state index in [4.69, 9.17) is 14.2 Å². The molecule has 1 amide bonds. The zero-order chi connectivity index (χ0) is 21.4. The molecular weight excluding hydrogens is 360 g/mol. The highest BCUT2D eigenvalue weighted by molar-refractivity contribution is 5.79. The molecule has 0 heterocycles. The largest absolute Gasteiger partial charge is 0.493 e. The Bertz CT molecular complexity index is 681. The lowest BCUT2D eigenvalue weighted by Gasteiger charge is -2.29. The molecule has 0 spiro atoms. The minimum absolute atomic E-state index is 0.451. The first-order chi connectivity index (χ1) is 13.0. The Labute approximate surface area is 168 Å². The normalized spacial score (nSPS) is 12.2. The fourth-order valence-electron chi connectivity index (χ4n) is 2.33. The molecule has 0 radical (unpaired) electrons. The highest BCUT2D eigenvalue weighted by Crippen LogP contribution is 2.27. The van der Waals surface area contributed by atoms with E-state index in [1.54, 1.807) is 21.3 Å². The Morgan fingerprint density at radius 3 is 2.21 bits per heavy atom. The number of nitrogens with zero attached hydrogens (tertiary/aromatic N) is 1. The predicted molar refractivity (Wildman–Crippen MR) is 111 cm³/mol. The lowest BCUT2D eigenvalue weighted by molar-refractivity contribution is 0.0474. The van der Waals surface area contributed by atoms with E-state index in [0.29, 0.717) is 30.5 Å². The van der Waals surface area contributed by atoms with Crippen LogP contribution in [0.2, 0.25) is 0 Å². The highest BCUT2D eigenvalue weighted by Gasteiger charge is 2.24. The average molecular weight is 395 g/mol. The smallest absolute Gasteiger partial charge is 0.408 e. The summed E-state index contributed by atoms with van der Waals surface area (Å²) in [5.41, 5.74) is -0.0415. The van der Waals surface area contributed by atoms with Crippen LogP contribution in [-0.4, -0.2) is 51.0 Å². The van der Waals surface area contributed by atoms with E-state index >= 15 is 0 Å². The maximum atomic E-state index is 12.0. The van der Waals surface area contributed by atoms with Crippen molar-refractivity contribution >= 4 is 12.1 Å². The minimum atomic E-state index is -0.537. The van der Waals surface area contributed by atoms with Crippen LogP contribution in [0.3, 0.4) is 0 Å². The summed E-state index contributed by atoms with van der Waals surface area (Å²) in [4.78, 5) is 16.2. The number of alkyl carbamates (subject to hydrolysis) is 1. The van der Waals surface area contributed by atoms with Gasteiger partial charge in [-0.1, -0.05) is 6.07 Å². The van der Waals surface area contributed by atoms with Crippen LogP contribution in [0.1, 0.15) is 40.2 Å². The average Bonchev–Trinajstić information content (AvgIpc) is 2.59. The molecule has 0 aliphatic heterocycles. The number of hydrogen-bond acceptors (Lipinski definition) is 5. The molecule has 0 saturated heterocycles. The summed E-state index contributed by atoms with van der Waals surface area (Å²) in [6.45, 7) is 10.3. The zero-order valence-corrected chi connectivity index (χ0v) is 18.2. The van der Waals surface area contributed by atoms with Gasteiger partial charge < -0.3 is 30.2 Å². The van der Waals surface area contributed by atoms with Crippen LogP contribution in [0, 0.1) is 0 Å². The first-order valence-corrected chi connectivity index (χ1v) is 9.16. The molecule has 28 heavy (non-hydrogen) atoms. The second-order valence-electron chi connectivity index (χ2n) is 7.98. The Kier molecular flexibility index (Phi) is 8.40. The third kappa shape index (κ3) is 8.37. The summed E-state index contributed by atoms with van der Waals surface area (Å²) in [5, 5.41) is 9.31. The van der Waals surface area contributed by atoms with Gasteiger partial charge in [0.2, 0.25) is 0 Å². The summed E-state index contributed by atoms with van der Waals surface area (Å²) in [5.74, 6) is 1.98. The van der Waals surface area contributed by atoms with Gasteiger partial charge >= 0.3 is 6.09 Å². The van der Waals surface area contributed by atoms with Crippen LogP contribution in [0.5, 0.6) is 11.5 Å². The van der Waals surface area contributed by atoms with Crippen molar-refractivity contribution in [2.45, 2.75) is 52.3 Å². The molecule has 8 nitrogen and oxygen atoms in total. The number of carbonyl (C=O) groups excluding carboxylic acids is 1. The number of methoxy groups -OCH3 is 2. The molecular formula is C20H34N4O4.